The molecule has 2 amide bonds. The van der Waals surface area contributed by atoms with Gasteiger partial charge < -0.3 is 34.1 Å². The van der Waals surface area contributed by atoms with Crippen molar-refractivity contribution in [2.45, 2.75) is 45.4 Å². The van der Waals surface area contributed by atoms with Gasteiger partial charge in [0.05, 0.1) is 29.0 Å². The summed E-state index contributed by atoms with van der Waals surface area (Å²) in [6, 6.07) is 6.76. The molecule has 40 heavy (non-hydrogen) atoms. The number of amides is 2. The van der Waals surface area contributed by atoms with E-state index in [9.17, 15) is 24.3 Å². The fraction of sp³-hybridized carbons (Fsp3) is 0.393. The molecular formula is C28H30N4O8. The average molecular weight is 551 g/mol. The predicted molar refractivity (Wildman–Crippen MR) is 143 cm³/mol. The first-order valence-electron chi connectivity index (χ1n) is 13.0. The van der Waals surface area contributed by atoms with Gasteiger partial charge in [0.15, 0.2) is 5.60 Å². The number of hydrogen-bond donors (Lipinski definition) is 2. The van der Waals surface area contributed by atoms with Gasteiger partial charge in [-0.05, 0) is 42.7 Å². The number of aryl methyl sites for hydroxylation is 1. The van der Waals surface area contributed by atoms with E-state index in [-0.39, 0.29) is 49.3 Å². The average Bonchev–Trinajstić information content (AvgIpc) is 3.30. The number of esters is 1. The van der Waals surface area contributed by atoms with Crippen molar-refractivity contribution in [1.29, 1.82) is 0 Å². The Morgan fingerprint density at radius 3 is 2.52 bits per heavy atom. The molecule has 2 aliphatic heterocycles. The third kappa shape index (κ3) is 4.24. The van der Waals surface area contributed by atoms with Crippen molar-refractivity contribution >= 4 is 29.1 Å². The third-order valence-corrected chi connectivity index (χ3v) is 7.74. The van der Waals surface area contributed by atoms with Crippen molar-refractivity contribution in [2.75, 3.05) is 27.2 Å². The van der Waals surface area contributed by atoms with Gasteiger partial charge in [-0.3, -0.25) is 4.79 Å². The van der Waals surface area contributed by atoms with Gasteiger partial charge in [-0.1, -0.05) is 13.8 Å². The van der Waals surface area contributed by atoms with Gasteiger partial charge in [-0.15, -0.1) is 0 Å². The molecule has 5 rings (SSSR count). The number of ether oxygens (including phenoxy) is 2. The van der Waals surface area contributed by atoms with E-state index in [1.54, 1.807) is 35.8 Å². The van der Waals surface area contributed by atoms with Crippen LogP contribution in [0.5, 0.6) is 5.75 Å². The lowest BCUT2D eigenvalue weighted by molar-refractivity contribution is -0.172. The highest BCUT2D eigenvalue weighted by atomic mass is 16.6. The number of carboxylic acid groups (broad SMARTS) is 1. The SMILES string of the molecule is CCc1c2c(nc3ccc(OC(=O)N(C)CCN(C)C(=O)O)cc13)-c1cc3c(c(=O)n1C2)COC(=O)C3(O)CC. The van der Waals surface area contributed by atoms with E-state index < -0.39 is 23.8 Å². The van der Waals surface area contributed by atoms with Crippen LogP contribution in [0.25, 0.3) is 22.3 Å². The van der Waals surface area contributed by atoms with Crippen molar-refractivity contribution in [3.8, 4) is 17.1 Å². The number of aromatic nitrogens is 2. The monoisotopic (exact) mass is 550 g/mol. The summed E-state index contributed by atoms with van der Waals surface area (Å²) in [6.07, 6.45) is -1.04. The van der Waals surface area contributed by atoms with Crippen LogP contribution in [-0.4, -0.2) is 74.9 Å². The second kappa shape index (κ2) is 9.94. The summed E-state index contributed by atoms with van der Waals surface area (Å²) in [5, 5.41) is 20.9. The van der Waals surface area contributed by atoms with Crippen LogP contribution in [0.4, 0.5) is 9.59 Å². The number of carbonyl (C=O) groups is 3. The summed E-state index contributed by atoms with van der Waals surface area (Å²) in [7, 11) is 2.94. The van der Waals surface area contributed by atoms with Crippen LogP contribution in [0, 0.1) is 0 Å². The Morgan fingerprint density at radius 2 is 1.85 bits per heavy atom. The van der Waals surface area contributed by atoms with Gasteiger partial charge in [0.2, 0.25) is 0 Å². The van der Waals surface area contributed by atoms with Crippen molar-refractivity contribution in [3.63, 3.8) is 0 Å². The molecule has 0 bridgehead atoms. The van der Waals surface area contributed by atoms with Gasteiger partial charge in [0, 0.05) is 43.7 Å². The maximum Gasteiger partial charge on any atom is 0.415 e. The number of nitrogens with zero attached hydrogens (tertiary/aromatic N) is 4. The Hall–Kier alpha value is -4.45. The van der Waals surface area contributed by atoms with Crippen LogP contribution in [0.2, 0.25) is 0 Å². The minimum atomic E-state index is -1.90. The summed E-state index contributed by atoms with van der Waals surface area (Å²) < 4.78 is 12.3. The standard InChI is InChI=1S/C28H30N4O8/c1-5-16-17-11-15(40-27(37)31(4)10-9-30(3)26(35)36)7-8-21(17)29-23-18(16)13-32-22(23)12-20-19(24(32)33)14-39-25(34)28(20,38)6-2/h7-8,11-12,38H,5-6,9-10,13-14H2,1-4H3,(H,35,36). The molecule has 2 aliphatic rings. The molecule has 1 unspecified atom stereocenters. The van der Waals surface area contributed by atoms with Gasteiger partial charge in [0.25, 0.3) is 5.56 Å². The summed E-state index contributed by atoms with van der Waals surface area (Å²) in [5.41, 5.74) is 1.84. The van der Waals surface area contributed by atoms with Gasteiger partial charge >= 0.3 is 18.2 Å². The lowest BCUT2D eigenvalue weighted by Gasteiger charge is -2.31. The largest absolute Gasteiger partial charge is 0.465 e. The van der Waals surface area contributed by atoms with E-state index in [1.165, 1.54) is 19.0 Å². The molecule has 2 aromatic heterocycles. The molecule has 12 heteroatoms. The second-order valence-electron chi connectivity index (χ2n) is 10.0. The second-order valence-corrected chi connectivity index (χ2v) is 10.0. The van der Waals surface area contributed by atoms with Crippen molar-refractivity contribution < 1.29 is 34.1 Å². The van der Waals surface area contributed by atoms with E-state index in [0.29, 0.717) is 29.1 Å². The molecule has 0 saturated heterocycles. The van der Waals surface area contributed by atoms with Gasteiger partial charge in [-0.25, -0.2) is 19.4 Å². The summed E-state index contributed by atoms with van der Waals surface area (Å²) in [5.74, 6) is -0.466. The molecule has 0 saturated carbocycles. The van der Waals surface area contributed by atoms with E-state index in [1.807, 2.05) is 6.92 Å². The highest BCUT2D eigenvalue weighted by molar-refractivity contribution is 5.90. The van der Waals surface area contributed by atoms with Crippen LogP contribution in [0.15, 0.2) is 29.1 Å². The Morgan fingerprint density at radius 1 is 1.12 bits per heavy atom. The van der Waals surface area contributed by atoms with E-state index in [2.05, 4.69) is 0 Å². The molecule has 0 spiro atoms. The normalized spacial score (nSPS) is 17.1. The number of pyridine rings is 2. The molecule has 0 aliphatic carbocycles. The summed E-state index contributed by atoms with van der Waals surface area (Å²) in [4.78, 5) is 56.7. The lowest BCUT2D eigenvalue weighted by Crippen LogP contribution is -2.44. The zero-order valence-electron chi connectivity index (χ0n) is 22.7. The molecular weight excluding hydrogens is 520 g/mol. The molecule has 1 atom stereocenters. The molecule has 210 valence electrons. The van der Waals surface area contributed by atoms with Crippen LogP contribution < -0.4 is 10.3 Å². The quantitative estimate of drug-likeness (QED) is 0.345. The summed E-state index contributed by atoms with van der Waals surface area (Å²) >= 11 is 0. The number of likely N-dealkylation sites (N-methyl/N-ethyl adjacent to an activating group) is 2. The minimum Gasteiger partial charge on any atom is -0.465 e. The fourth-order valence-corrected chi connectivity index (χ4v) is 5.27. The highest BCUT2D eigenvalue weighted by Crippen LogP contribution is 2.40. The van der Waals surface area contributed by atoms with E-state index in [4.69, 9.17) is 19.6 Å². The molecule has 0 fully saturated rings. The first kappa shape index (κ1) is 27.1. The molecule has 3 aromatic rings. The molecule has 0 radical (unpaired) electrons. The molecule has 1 aromatic carbocycles. The van der Waals surface area contributed by atoms with Gasteiger partial charge in [-0.2, -0.15) is 0 Å². The Labute approximate surface area is 229 Å². The predicted octanol–water partition coefficient (Wildman–Crippen LogP) is 2.68. The van der Waals surface area contributed by atoms with Gasteiger partial charge in [0.1, 0.15) is 12.4 Å². The fourth-order valence-electron chi connectivity index (χ4n) is 5.27. The zero-order valence-corrected chi connectivity index (χ0v) is 22.7. The van der Waals surface area contributed by atoms with Crippen LogP contribution in [-0.2, 0) is 34.7 Å². The number of benzene rings is 1. The number of aliphatic hydroxyl groups is 1. The first-order valence-corrected chi connectivity index (χ1v) is 13.0. The number of carbonyl (C=O) groups excluding carboxylic acids is 2. The minimum absolute atomic E-state index is 0.0624. The number of rotatable bonds is 6. The Kier molecular flexibility index (Phi) is 6.74. The topological polar surface area (TPSA) is 152 Å². The molecule has 12 nitrogen and oxygen atoms in total. The van der Waals surface area contributed by atoms with Crippen molar-refractivity contribution in [2.24, 2.45) is 0 Å². The number of fused-ring (bicyclic) bond motifs is 5. The Bertz CT molecular complexity index is 1630. The maximum absolute atomic E-state index is 13.5. The number of hydrogen-bond acceptors (Lipinski definition) is 8. The Balaban J connectivity index is 1.51. The lowest BCUT2D eigenvalue weighted by atomic mass is 9.86. The van der Waals surface area contributed by atoms with Crippen molar-refractivity contribution in [3.05, 3.63) is 56.9 Å². The maximum atomic E-state index is 13.5. The third-order valence-electron chi connectivity index (χ3n) is 7.74. The van der Waals surface area contributed by atoms with Crippen molar-refractivity contribution in [1.82, 2.24) is 19.4 Å². The molecule has 2 N–H and O–H groups in total. The smallest absolute Gasteiger partial charge is 0.415 e. The molecule has 4 heterocycles. The zero-order chi connectivity index (χ0) is 28.9. The summed E-state index contributed by atoms with van der Waals surface area (Å²) in [6.45, 7) is 4.01. The van der Waals surface area contributed by atoms with E-state index in [0.717, 1.165) is 21.4 Å². The highest BCUT2D eigenvalue weighted by Gasteiger charge is 2.45. The van der Waals surface area contributed by atoms with Crippen LogP contribution in [0.3, 0.4) is 0 Å². The number of cyclic esters (lactones) is 1. The first-order chi connectivity index (χ1) is 19.0. The van der Waals surface area contributed by atoms with E-state index >= 15 is 0 Å². The van der Waals surface area contributed by atoms with Crippen LogP contribution in [0.1, 0.15) is 42.5 Å². The van der Waals surface area contributed by atoms with Crippen LogP contribution >= 0.6 is 0 Å².